The van der Waals surface area contributed by atoms with E-state index in [0.717, 1.165) is 63.7 Å². The predicted molar refractivity (Wildman–Crippen MR) is 258 cm³/mol. The normalized spacial score (nSPS) is 14.1. The Balaban J connectivity index is 0.924. The van der Waals surface area contributed by atoms with Gasteiger partial charge in [-0.15, -0.1) is 11.3 Å². The van der Waals surface area contributed by atoms with Crippen molar-refractivity contribution < 1.29 is 4.42 Å². The lowest BCUT2D eigenvalue weighted by atomic mass is 9.81. The van der Waals surface area contributed by atoms with Crippen LogP contribution in [-0.2, 0) is 12.8 Å². The molecule has 1 aliphatic rings. The zero-order chi connectivity index (χ0) is 40.7. The second kappa shape index (κ2) is 14.1. The van der Waals surface area contributed by atoms with Crippen molar-refractivity contribution >= 4 is 75.0 Å². The van der Waals surface area contributed by atoms with Gasteiger partial charge in [0.1, 0.15) is 17.0 Å². The maximum atomic E-state index is 6.63. The van der Waals surface area contributed by atoms with Crippen molar-refractivity contribution in [1.29, 1.82) is 0 Å². The van der Waals surface area contributed by atoms with E-state index in [1.807, 2.05) is 17.4 Å². The van der Waals surface area contributed by atoms with E-state index >= 15 is 0 Å². The van der Waals surface area contributed by atoms with E-state index in [1.54, 1.807) is 0 Å². The van der Waals surface area contributed by atoms with E-state index in [0.29, 0.717) is 11.6 Å². The number of nitrogens with zero attached hydrogens (tertiary/aromatic N) is 3. The Kier molecular flexibility index (Phi) is 8.00. The first kappa shape index (κ1) is 35.3. The summed E-state index contributed by atoms with van der Waals surface area (Å²) in [6.45, 7) is 0. The summed E-state index contributed by atoms with van der Waals surface area (Å²) in [4.78, 5) is 15.7. The van der Waals surface area contributed by atoms with Crippen LogP contribution in [0.3, 0.4) is 0 Å². The summed E-state index contributed by atoms with van der Waals surface area (Å²) in [5, 5.41) is 9.73. The maximum absolute atomic E-state index is 6.63. The number of para-hydroxylation sites is 1. The standard InChI is InChI=1S/C57H37N3OS/c1-2-11-37(12-3-1)55-58-56(60-57(59-55)41-25-22-36-21-20-35-10-4-5-13-44(35)47(36)31-41)40-24-19-34-18-23-39(28-42(34)29-40)48-32-43(33-51-54(48)46-15-6-8-16-50(46)61-51)38-26-27-53-49(30-38)45-14-7-9-17-52(45)62-53/h1-18,20-23,25-28,30-33,40H,19,24,29H2. The molecule has 3 heterocycles. The van der Waals surface area contributed by atoms with Crippen LogP contribution >= 0.6 is 11.3 Å². The van der Waals surface area contributed by atoms with Gasteiger partial charge in [0.15, 0.2) is 11.6 Å². The molecular formula is C57H37N3OS. The molecule has 9 aromatic carbocycles. The van der Waals surface area contributed by atoms with Crippen LogP contribution in [0.15, 0.2) is 186 Å². The number of fused-ring (bicyclic) bond motifs is 10. The fraction of sp³-hybridized carbons (Fsp3) is 0.0702. The molecule has 0 spiro atoms. The first-order chi connectivity index (χ1) is 30.7. The van der Waals surface area contributed by atoms with E-state index in [9.17, 15) is 0 Å². The Morgan fingerprint density at radius 1 is 0.435 bits per heavy atom. The molecule has 292 valence electrons. The average Bonchev–Trinajstić information content (AvgIpc) is 3.91. The second-order valence-electron chi connectivity index (χ2n) is 16.7. The Bertz CT molecular complexity index is 3750. The molecule has 1 atom stereocenters. The molecule has 0 saturated carbocycles. The highest BCUT2D eigenvalue weighted by atomic mass is 32.1. The molecule has 12 aromatic rings. The number of furan rings is 1. The van der Waals surface area contributed by atoms with Gasteiger partial charge in [0.05, 0.1) is 0 Å². The van der Waals surface area contributed by atoms with Crippen LogP contribution in [0.2, 0.25) is 0 Å². The van der Waals surface area contributed by atoms with Crippen LogP contribution in [0.25, 0.3) is 109 Å². The molecule has 0 amide bonds. The van der Waals surface area contributed by atoms with Gasteiger partial charge >= 0.3 is 0 Å². The molecule has 1 unspecified atom stereocenters. The molecule has 4 nitrogen and oxygen atoms in total. The zero-order valence-corrected chi connectivity index (χ0v) is 34.5. The van der Waals surface area contributed by atoms with Gasteiger partial charge in [0.2, 0.25) is 0 Å². The Morgan fingerprint density at radius 3 is 2.03 bits per heavy atom. The monoisotopic (exact) mass is 811 g/mol. The lowest BCUT2D eigenvalue weighted by Crippen LogP contribution is -2.17. The Morgan fingerprint density at radius 2 is 1.13 bits per heavy atom. The lowest BCUT2D eigenvalue weighted by Gasteiger charge is -2.25. The number of hydrogen-bond donors (Lipinski definition) is 0. The molecule has 0 aliphatic heterocycles. The zero-order valence-electron chi connectivity index (χ0n) is 33.7. The van der Waals surface area contributed by atoms with Crippen LogP contribution in [0.4, 0.5) is 0 Å². The molecule has 62 heavy (non-hydrogen) atoms. The first-order valence-electron chi connectivity index (χ1n) is 21.4. The highest BCUT2D eigenvalue weighted by Crippen LogP contribution is 2.44. The van der Waals surface area contributed by atoms with Crippen molar-refractivity contribution in [3.05, 3.63) is 199 Å². The number of benzene rings is 9. The third-order valence-corrected chi connectivity index (χ3v) is 14.1. The number of aromatic nitrogens is 3. The van der Waals surface area contributed by atoms with Crippen molar-refractivity contribution in [2.45, 2.75) is 25.2 Å². The molecule has 0 bridgehead atoms. The smallest absolute Gasteiger partial charge is 0.163 e. The summed E-state index contributed by atoms with van der Waals surface area (Å²) in [7, 11) is 0. The van der Waals surface area contributed by atoms with Gasteiger partial charge in [0, 0.05) is 48.0 Å². The highest BCUT2D eigenvalue weighted by Gasteiger charge is 2.26. The van der Waals surface area contributed by atoms with Crippen LogP contribution in [0, 0.1) is 0 Å². The van der Waals surface area contributed by atoms with E-state index in [2.05, 4.69) is 176 Å². The van der Waals surface area contributed by atoms with E-state index in [4.69, 9.17) is 19.4 Å². The first-order valence-corrected chi connectivity index (χ1v) is 22.2. The van der Waals surface area contributed by atoms with Gasteiger partial charge in [-0.2, -0.15) is 0 Å². The van der Waals surface area contributed by atoms with Gasteiger partial charge in [-0.1, -0.05) is 140 Å². The van der Waals surface area contributed by atoms with Crippen molar-refractivity contribution in [1.82, 2.24) is 15.0 Å². The van der Waals surface area contributed by atoms with E-state index in [-0.39, 0.29) is 5.92 Å². The molecule has 0 N–H and O–H groups in total. The van der Waals surface area contributed by atoms with E-state index in [1.165, 1.54) is 69.5 Å². The van der Waals surface area contributed by atoms with Crippen LogP contribution in [-0.4, -0.2) is 15.0 Å². The lowest BCUT2D eigenvalue weighted by molar-refractivity contribution is 0.554. The summed E-state index contributed by atoms with van der Waals surface area (Å²) < 4.78 is 9.24. The quantitative estimate of drug-likeness (QED) is 0.162. The van der Waals surface area contributed by atoms with Gasteiger partial charge in [0.25, 0.3) is 0 Å². The van der Waals surface area contributed by atoms with Crippen molar-refractivity contribution in [3.63, 3.8) is 0 Å². The molecular weight excluding hydrogens is 775 g/mol. The maximum Gasteiger partial charge on any atom is 0.163 e. The number of aryl methyl sites for hydroxylation is 1. The summed E-state index contributed by atoms with van der Waals surface area (Å²) >= 11 is 1.85. The summed E-state index contributed by atoms with van der Waals surface area (Å²) in [5.74, 6) is 2.41. The third kappa shape index (κ3) is 5.84. The molecule has 3 aromatic heterocycles. The summed E-state index contributed by atoms with van der Waals surface area (Å²) in [5.41, 5.74) is 11.2. The van der Waals surface area contributed by atoms with Crippen LogP contribution in [0.5, 0.6) is 0 Å². The highest BCUT2D eigenvalue weighted by molar-refractivity contribution is 7.25. The molecule has 0 saturated heterocycles. The minimum absolute atomic E-state index is 0.136. The Hall–Kier alpha value is -7.47. The van der Waals surface area contributed by atoms with Gasteiger partial charge in [-0.05, 0) is 117 Å². The minimum atomic E-state index is 0.136. The molecule has 0 radical (unpaired) electrons. The number of thiophene rings is 1. The molecule has 13 rings (SSSR count). The van der Waals surface area contributed by atoms with Crippen molar-refractivity contribution in [3.8, 4) is 45.0 Å². The van der Waals surface area contributed by atoms with Gasteiger partial charge < -0.3 is 4.42 Å². The molecule has 5 heteroatoms. The molecule has 0 fully saturated rings. The van der Waals surface area contributed by atoms with Gasteiger partial charge in [-0.25, -0.2) is 15.0 Å². The third-order valence-electron chi connectivity index (χ3n) is 13.0. The molecule has 1 aliphatic carbocycles. The van der Waals surface area contributed by atoms with Crippen LogP contribution < -0.4 is 0 Å². The minimum Gasteiger partial charge on any atom is -0.456 e. The topological polar surface area (TPSA) is 51.8 Å². The number of hydrogen-bond acceptors (Lipinski definition) is 5. The second-order valence-corrected chi connectivity index (χ2v) is 17.7. The fourth-order valence-corrected chi connectivity index (χ4v) is 10.9. The predicted octanol–water partition coefficient (Wildman–Crippen LogP) is 15.4. The fourth-order valence-electron chi connectivity index (χ4n) is 9.86. The van der Waals surface area contributed by atoms with Crippen molar-refractivity contribution in [2.75, 3.05) is 0 Å². The number of rotatable bonds is 5. The van der Waals surface area contributed by atoms with Gasteiger partial charge in [-0.3, -0.25) is 0 Å². The Labute approximate surface area is 361 Å². The van der Waals surface area contributed by atoms with E-state index < -0.39 is 0 Å². The van der Waals surface area contributed by atoms with Crippen LogP contribution in [0.1, 0.15) is 29.3 Å². The van der Waals surface area contributed by atoms with Crippen molar-refractivity contribution in [2.24, 2.45) is 0 Å². The summed E-state index contributed by atoms with van der Waals surface area (Å²) in [6.07, 6.45) is 2.78. The summed E-state index contributed by atoms with van der Waals surface area (Å²) in [6, 6.07) is 65.6. The largest absolute Gasteiger partial charge is 0.456 e. The average molecular weight is 812 g/mol. The SMILES string of the molecule is c1ccc(-c2nc(-c3ccc4ccc5ccccc5c4c3)nc(C3CCc4ccc(-c5cc(-c6ccc7sc8ccccc8c7c6)cc6oc7ccccc7c56)cc4C3)n2)cc1.